The Labute approximate surface area is 216 Å². The van der Waals surface area contributed by atoms with Crippen LogP contribution in [0.4, 0.5) is 0 Å². The van der Waals surface area contributed by atoms with Gasteiger partial charge in [-0.05, 0) is 92.8 Å². The van der Waals surface area contributed by atoms with Crippen molar-refractivity contribution in [2.45, 2.75) is 128 Å². The zero-order valence-electron chi connectivity index (χ0n) is 23.0. The molecule has 0 aromatic carbocycles. The molecule has 0 radical (unpaired) electrons. The number of rotatable bonds is 7. The summed E-state index contributed by atoms with van der Waals surface area (Å²) in [5.74, 6) is -0.0645. The van der Waals surface area contributed by atoms with Crippen molar-refractivity contribution < 1.29 is 35.7 Å². The van der Waals surface area contributed by atoms with Gasteiger partial charge in [0.05, 0.1) is 42.2 Å². The minimum Gasteiger partial charge on any atom is -0.393 e. The molecule has 4 saturated carbocycles. The molecule has 0 aromatic rings. The average molecular weight is 513 g/mol. The second kappa shape index (κ2) is 9.72. The van der Waals surface area contributed by atoms with Crippen LogP contribution in [0.2, 0.25) is 0 Å². The van der Waals surface area contributed by atoms with E-state index in [0.717, 1.165) is 32.1 Å². The van der Waals surface area contributed by atoms with Gasteiger partial charge in [-0.2, -0.15) is 0 Å². The van der Waals surface area contributed by atoms with E-state index in [1.54, 1.807) is 6.92 Å². The first-order valence-electron chi connectivity index (χ1n) is 14.5. The highest BCUT2D eigenvalue weighted by Crippen LogP contribution is 2.69. The lowest BCUT2D eigenvalue weighted by molar-refractivity contribution is -0.268. The molecule has 0 spiro atoms. The average Bonchev–Trinajstić information content (AvgIpc) is 3.01. The highest BCUT2D eigenvalue weighted by molar-refractivity contribution is 5.19. The van der Waals surface area contributed by atoms with Crippen molar-refractivity contribution in [1.29, 1.82) is 0 Å². The summed E-state index contributed by atoms with van der Waals surface area (Å²) >= 11 is 0. The predicted octanol–water partition coefficient (Wildman–Crippen LogP) is 2.22. The predicted molar refractivity (Wildman–Crippen MR) is 137 cm³/mol. The van der Waals surface area contributed by atoms with E-state index in [1.807, 2.05) is 6.92 Å². The van der Waals surface area contributed by atoms with Crippen LogP contribution in [-0.4, -0.2) is 78.0 Å². The largest absolute Gasteiger partial charge is 0.393 e. The molecule has 0 saturated heterocycles. The van der Waals surface area contributed by atoms with Gasteiger partial charge in [0.2, 0.25) is 0 Å². The van der Waals surface area contributed by atoms with Crippen molar-refractivity contribution in [1.82, 2.24) is 0 Å². The number of hydrogen-bond acceptors (Lipinski definition) is 7. The lowest BCUT2D eigenvalue weighted by Crippen LogP contribution is -2.69. The lowest BCUT2D eigenvalue weighted by atomic mass is 9.42. The summed E-state index contributed by atoms with van der Waals surface area (Å²) in [6, 6.07) is 0. The molecule has 7 N–H and O–H groups in total. The fraction of sp³-hybridized carbons (Fsp3) is 1.00. The highest BCUT2D eigenvalue weighted by Gasteiger charge is 2.70. The number of fused-ring (bicyclic) bond motifs is 5. The zero-order chi connectivity index (χ0) is 26.8. The Morgan fingerprint density at radius 3 is 2.28 bits per heavy atom. The zero-order valence-corrected chi connectivity index (χ0v) is 23.0. The quantitative estimate of drug-likeness (QED) is 0.277. The van der Waals surface area contributed by atoms with E-state index in [1.165, 1.54) is 0 Å². The van der Waals surface area contributed by atoms with Crippen LogP contribution in [0.25, 0.3) is 0 Å². The van der Waals surface area contributed by atoms with Crippen LogP contribution in [-0.2, 0) is 0 Å². The minimum absolute atomic E-state index is 0.000342. The van der Waals surface area contributed by atoms with Gasteiger partial charge in [0.15, 0.2) is 0 Å². The third-order valence-corrected chi connectivity index (χ3v) is 12.3. The van der Waals surface area contributed by atoms with Crippen LogP contribution in [0.1, 0.15) is 92.4 Å². The Balaban J connectivity index is 1.58. The van der Waals surface area contributed by atoms with Crippen molar-refractivity contribution in [2.24, 2.45) is 46.3 Å². The summed E-state index contributed by atoms with van der Waals surface area (Å²) in [6.45, 7) is 9.83. The van der Waals surface area contributed by atoms with Crippen LogP contribution in [0.5, 0.6) is 0 Å². The molecule has 0 aromatic heterocycles. The van der Waals surface area contributed by atoms with Crippen molar-refractivity contribution in [3.8, 4) is 0 Å². The molecule has 4 aliphatic rings. The van der Waals surface area contributed by atoms with Gasteiger partial charge in [-0.3, -0.25) is 0 Å². The van der Waals surface area contributed by atoms with E-state index in [2.05, 4.69) is 20.8 Å². The van der Waals surface area contributed by atoms with E-state index in [4.69, 9.17) is 0 Å². The highest BCUT2D eigenvalue weighted by atomic mass is 16.4. The maximum atomic E-state index is 11.7. The number of aliphatic hydroxyl groups excluding tert-OH is 5. The SMILES string of the molecule is CC[C@@H](CC[C@@H](C)[C@H]1[C@@H](O)[C@H](O)[C@H]2[C@@H]3C[C@@H](O)[C@@]4(O)C[C@@H](O)CC[C@]4(C)[C@H]3CC[C@]12C)[C@@](C)(O)CO. The molecule has 7 nitrogen and oxygen atoms in total. The van der Waals surface area contributed by atoms with Gasteiger partial charge in [-0.15, -0.1) is 0 Å². The van der Waals surface area contributed by atoms with Gasteiger partial charge in [0, 0.05) is 11.8 Å². The third kappa shape index (κ3) is 4.11. The maximum Gasteiger partial charge on any atom is 0.0985 e. The van der Waals surface area contributed by atoms with Crippen molar-refractivity contribution in [3.05, 3.63) is 0 Å². The molecular formula is C29H52O7. The molecule has 210 valence electrons. The molecular weight excluding hydrogens is 460 g/mol. The van der Waals surface area contributed by atoms with Gasteiger partial charge in [-0.25, -0.2) is 0 Å². The summed E-state index contributed by atoms with van der Waals surface area (Å²) in [7, 11) is 0. The fourth-order valence-corrected chi connectivity index (χ4v) is 10.1. The molecule has 0 bridgehead atoms. The maximum absolute atomic E-state index is 11.7. The van der Waals surface area contributed by atoms with Crippen LogP contribution >= 0.6 is 0 Å². The molecule has 4 fully saturated rings. The van der Waals surface area contributed by atoms with E-state index in [0.29, 0.717) is 19.3 Å². The Bertz CT molecular complexity index is 790. The van der Waals surface area contributed by atoms with E-state index >= 15 is 0 Å². The minimum atomic E-state index is -1.33. The van der Waals surface area contributed by atoms with Gasteiger partial charge in [-0.1, -0.05) is 34.1 Å². The molecule has 0 heterocycles. The van der Waals surface area contributed by atoms with E-state index < -0.39 is 41.0 Å². The molecule has 0 unspecified atom stereocenters. The summed E-state index contributed by atoms with van der Waals surface area (Å²) in [4.78, 5) is 0. The lowest BCUT2D eigenvalue weighted by Gasteiger charge is -2.65. The van der Waals surface area contributed by atoms with Crippen LogP contribution in [0.3, 0.4) is 0 Å². The standard InChI is InChI=1S/C29H52O7/c1-6-17(28(5,35)15-30)8-7-16(2)22-24(33)25(34)23-19-13-21(32)29(36)14-18(31)9-12-27(29,4)20(19)10-11-26(22,23)3/h16-25,30-36H,6-15H2,1-5H3/t16-,17+,18+,19-,20+,21-,22+,23-,24-,25-,26-,27-,28+,29+/m1/s1. The Morgan fingerprint density at radius 1 is 1.00 bits per heavy atom. The molecule has 7 heteroatoms. The van der Waals surface area contributed by atoms with E-state index in [-0.39, 0.29) is 54.0 Å². The van der Waals surface area contributed by atoms with Crippen LogP contribution in [0, 0.1) is 46.3 Å². The monoisotopic (exact) mass is 512 g/mol. The Morgan fingerprint density at radius 2 is 1.67 bits per heavy atom. The fourth-order valence-electron chi connectivity index (χ4n) is 10.1. The molecule has 14 atom stereocenters. The van der Waals surface area contributed by atoms with Gasteiger partial charge in [0.1, 0.15) is 0 Å². The Kier molecular flexibility index (Phi) is 7.76. The first kappa shape index (κ1) is 28.7. The Hall–Kier alpha value is -0.280. The first-order chi connectivity index (χ1) is 16.7. The summed E-state index contributed by atoms with van der Waals surface area (Å²) in [5.41, 5.74) is -3.28. The topological polar surface area (TPSA) is 142 Å². The van der Waals surface area contributed by atoms with Gasteiger partial charge in [0.25, 0.3) is 0 Å². The second-order valence-corrected chi connectivity index (χ2v) is 14.0. The normalized spacial score (nSPS) is 52.0. The molecule has 0 aliphatic heterocycles. The van der Waals surface area contributed by atoms with Crippen molar-refractivity contribution >= 4 is 0 Å². The summed E-state index contributed by atoms with van der Waals surface area (Å²) < 4.78 is 0. The molecule has 4 aliphatic carbocycles. The summed E-state index contributed by atoms with van der Waals surface area (Å²) in [6.07, 6.45) is 2.53. The molecule has 36 heavy (non-hydrogen) atoms. The first-order valence-corrected chi connectivity index (χ1v) is 14.5. The van der Waals surface area contributed by atoms with Gasteiger partial charge >= 0.3 is 0 Å². The third-order valence-electron chi connectivity index (χ3n) is 12.3. The number of aliphatic hydroxyl groups is 7. The second-order valence-electron chi connectivity index (χ2n) is 14.0. The summed E-state index contributed by atoms with van der Waals surface area (Å²) in [5, 5.41) is 76.3. The van der Waals surface area contributed by atoms with Gasteiger partial charge < -0.3 is 35.7 Å². The van der Waals surface area contributed by atoms with Crippen LogP contribution in [0.15, 0.2) is 0 Å². The smallest absolute Gasteiger partial charge is 0.0985 e. The number of hydrogen-bond donors (Lipinski definition) is 7. The van der Waals surface area contributed by atoms with Crippen LogP contribution < -0.4 is 0 Å². The van der Waals surface area contributed by atoms with Crippen molar-refractivity contribution in [3.63, 3.8) is 0 Å². The van der Waals surface area contributed by atoms with E-state index in [9.17, 15) is 35.7 Å². The molecule has 0 amide bonds. The molecule has 4 rings (SSSR count). The van der Waals surface area contributed by atoms with Crippen molar-refractivity contribution in [2.75, 3.05) is 6.61 Å².